The van der Waals surface area contributed by atoms with Crippen LogP contribution in [0.2, 0.25) is 0 Å². The van der Waals surface area contributed by atoms with Gasteiger partial charge in [-0.2, -0.15) is 9.57 Å². The highest BCUT2D eigenvalue weighted by molar-refractivity contribution is 7.89. The summed E-state index contributed by atoms with van der Waals surface area (Å²) in [6.07, 6.45) is 0. The second kappa shape index (κ2) is 7.44. The van der Waals surface area contributed by atoms with Gasteiger partial charge in [0.15, 0.2) is 0 Å². The van der Waals surface area contributed by atoms with Gasteiger partial charge in [0.1, 0.15) is 16.5 Å². The van der Waals surface area contributed by atoms with Gasteiger partial charge in [-0.25, -0.2) is 8.42 Å². The van der Waals surface area contributed by atoms with Gasteiger partial charge in [-0.1, -0.05) is 36.4 Å². The summed E-state index contributed by atoms with van der Waals surface area (Å²) in [5.41, 5.74) is 5.88. The normalized spacial score (nSPS) is 20.3. The van der Waals surface area contributed by atoms with Crippen LogP contribution in [-0.2, 0) is 10.0 Å². The molecule has 0 radical (unpaired) electrons. The minimum absolute atomic E-state index is 0.0739. The van der Waals surface area contributed by atoms with E-state index in [4.69, 9.17) is 5.73 Å². The van der Waals surface area contributed by atoms with E-state index in [-0.39, 0.29) is 29.8 Å². The Kier molecular flexibility index (Phi) is 5.23. The van der Waals surface area contributed by atoms with E-state index in [9.17, 15) is 23.8 Å². The molecule has 9 heteroatoms. The maximum Gasteiger partial charge on any atom is 0.288 e. The molecule has 0 bridgehead atoms. The van der Waals surface area contributed by atoms with Crippen LogP contribution in [0.4, 0.5) is 5.69 Å². The summed E-state index contributed by atoms with van der Waals surface area (Å²) < 4.78 is 27.5. The molecule has 27 heavy (non-hydrogen) atoms. The summed E-state index contributed by atoms with van der Waals surface area (Å²) in [4.78, 5) is 10.0. The van der Waals surface area contributed by atoms with E-state index in [2.05, 4.69) is 0 Å². The molecule has 140 valence electrons. The van der Waals surface area contributed by atoms with Crippen molar-refractivity contribution in [1.82, 2.24) is 4.31 Å². The highest BCUT2D eigenvalue weighted by Gasteiger charge is 2.41. The third-order valence-corrected chi connectivity index (χ3v) is 6.74. The Bertz CT molecular complexity index is 1000. The molecule has 0 spiro atoms. The third kappa shape index (κ3) is 3.42. The van der Waals surface area contributed by atoms with Crippen molar-refractivity contribution in [2.24, 2.45) is 11.7 Å². The predicted octanol–water partition coefficient (Wildman–Crippen LogP) is 1.83. The second-order valence-corrected chi connectivity index (χ2v) is 8.26. The van der Waals surface area contributed by atoms with Crippen molar-refractivity contribution in [2.45, 2.75) is 10.8 Å². The van der Waals surface area contributed by atoms with Gasteiger partial charge in [-0.05, 0) is 24.1 Å². The molecule has 8 nitrogen and oxygen atoms in total. The Labute approximate surface area is 157 Å². The van der Waals surface area contributed by atoms with Crippen molar-refractivity contribution in [2.75, 3.05) is 19.6 Å². The molecule has 0 aliphatic carbocycles. The summed E-state index contributed by atoms with van der Waals surface area (Å²) in [6.45, 7) is 0.722. The van der Waals surface area contributed by atoms with E-state index in [1.165, 1.54) is 16.4 Å². The van der Waals surface area contributed by atoms with Crippen molar-refractivity contribution < 1.29 is 13.3 Å². The van der Waals surface area contributed by atoms with Crippen molar-refractivity contribution in [3.05, 3.63) is 69.8 Å². The molecule has 2 atom stereocenters. The van der Waals surface area contributed by atoms with Crippen LogP contribution in [0.15, 0.2) is 53.4 Å². The molecule has 0 unspecified atom stereocenters. The minimum atomic E-state index is -4.07. The predicted molar refractivity (Wildman–Crippen MR) is 98.3 cm³/mol. The van der Waals surface area contributed by atoms with Gasteiger partial charge < -0.3 is 5.73 Å². The van der Waals surface area contributed by atoms with Crippen LogP contribution >= 0.6 is 0 Å². The van der Waals surface area contributed by atoms with E-state index in [0.29, 0.717) is 6.54 Å². The zero-order chi connectivity index (χ0) is 19.6. The molecule has 0 amide bonds. The lowest BCUT2D eigenvalue weighted by molar-refractivity contribution is -0.385. The maximum absolute atomic E-state index is 13.1. The fourth-order valence-corrected chi connectivity index (χ4v) is 5.16. The van der Waals surface area contributed by atoms with Gasteiger partial charge in [-0.15, -0.1) is 0 Å². The molecule has 1 aliphatic heterocycles. The first kappa shape index (κ1) is 19.0. The Morgan fingerprint density at radius 3 is 2.48 bits per heavy atom. The van der Waals surface area contributed by atoms with Crippen molar-refractivity contribution in [3.8, 4) is 6.07 Å². The summed E-state index contributed by atoms with van der Waals surface area (Å²) >= 11 is 0. The lowest BCUT2D eigenvalue weighted by Gasteiger charge is -2.17. The number of nitro benzene ring substituents is 1. The number of hydrogen-bond acceptors (Lipinski definition) is 6. The van der Waals surface area contributed by atoms with Crippen molar-refractivity contribution >= 4 is 15.7 Å². The summed E-state index contributed by atoms with van der Waals surface area (Å²) in [5.74, 6) is -0.151. The molecule has 3 rings (SSSR count). The van der Waals surface area contributed by atoms with Gasteiger partial charge in [-0.3, -0.25) is 10.1 Å². The van der Waals surface area contributed by atoms with Crippen LogP contribution in [-0.4, -0.2) is 37.3 Å². The van der Waals surface area contributed by atoms with Gasteiger partial charge in [0.2, 0.25) is 10.0 Å². The first-order valence-corrected chi connectivity index (χ1v) is 9.76. The molecule has 2 aromatic rings. The molecule has 1 heterocycles. The first-order chi connectivity index (χ1) is 12.9. The smallest absolute Gasteiger partial charge is 0.288 e. The van der Waals surface area contributed by atoms with E-state index in [1.807, 2.05) is 30.3 Å². The number of benzene rings is 2. The number of sulfonamides is 1. The number of rotatable bonds is 5. The fraction of sp³-hybridized carbons (Fsp3) is 0.278. The number of nitrogens with two attached hydrogens (primary N) is 1. The van der Waals surface area contributed by atoms with E-state index in [1.54, 1.807) is 6.07 Å². The first-order valence-electron chi connectivity index (χ1n) is 8.32. The average molecular weight is 386 g/mol. The molecule has 2 N–H and O–H groups in total. The molecule has 1 saturated heterocycles. The molecular weight excluding hydrogens is 368 g/mol. The average Bonchev–Trinajstić information content (AvgIpc) is 3.13. The molecule has 0 saturated carbocycles. The number of nitriles is 1. The van der Waals surface area contributed by atoms with Crippen molar-refractivity contribution in [3.63, 3.8) is 0 Å². The van der Waals surface area contributed by atoms with Crippen LogP contribution in [0, 0.1) is 27.4 Å². The molecule has 0 aromatic heterocycles. The molecular formula is C18H18N4O4S. The molecule has 1 fully saturated rings. The quantitative estimate of drug-likeness (QED) is 0.616. The maximum atomic E-state index is 13.1. The lowest BCUT2D eigenvalue weighted by atomic mass is 9.89. The van der Waals surface area contributed by atoms with Crippen LogP contribution < -0.4 is 5.73 Å². The Morgan fingerprint density at radius 1 is 1.19 bits per heavy atom. The number of hydrogen-bond donors (Lipinski definition) is 1. The van der Waals surface area contributed by atoms with E-state index >= 15 is 0 Å². The van der Waals surface area contributed by atoms with Gasteiger partial charge >= 0.3 is 0 Å². The van der Waals surface area contributed by atoms with Crippen molar-refractivity contribution in [1.29, 1.82) is 5.26 Å². The largest absolute Gasteiger partial charge is 0.330 e. The van der Waals surface area contributed by atoms with Gasteiger partial charge in [0.25, 0.3) is 5.69 Å². The zero-order valence-electron chi connectivity index (χ0n) is 14.4. The monoisotopic (exact) mass is 386 g/mol. The topological polar surface area (TPSA) is 130 Å². The zero-order valence-corrected chi connectivity index (χ0v) is 15.2. The third-order valence-electron chi connectivity index (χ3n) is 4.87. The lowest BCUT2D eigenvalue weighted by Crippen LogP contribution is -2.30. The van der Waals surface area contributed by atoms with Crippen LogP contribution in [0.3, 0.4) is 0 Å². The van der Waals surface area contributed by atoms with E-state index < -0.39 is 26.2 Å². The highest BCUT2D eigenvalue weighted by Crippen LogP contribution is 2.36. The Balaban J connectivity index is 2.01. The Hall–Kier alpha value is -2.80. The highest BCUT2D eigenvalue weighted by atomic mass is 32.2. The standard InChI is InChI=1S/C18H18N4O4S/c19-9-14-11-21(12-16(14)13-5-2-1-3-6-13)27(25,26)18-8-4-7-17(22(23)24)15(18)10-20/h1-8,14,16H,9,11-12,19H2/t14-,16+/m1/s1. The summed E-state index contributed by atoms with van der Waals surface area (Å²) in [6, 6.07) is 14.8. The minimum Gasteiger partial charge on any atom is -0.330 e. The van der Waals surface area contributed by atoms with Gasteiger partial charge in [0.05, 0.1) is 4.92 Å². The molecule has 2 aromatic carbocycles. The number of nitrogens with zero attached hydrogens (tertiary/aromatic N) is 3. The SMILES string of the molecule is N#Cc1c([N+](=O)[O-])cccc1S(=O)(=O)N1C[C@@H](CN)[C@H](c2ccccc2)C1. The van der Waals surface area contributed by atoms with Crippen LogP contribution in [0.5, 0.6) is 0 Å². The summed E-state index contributed by atoms with van der Waals surface area (Å²) in [7, 11) is -4.07. The molecule has 1 aliphatic rings. The van der Waals surface area contributed by atoms with E-state index in [0.717, 1.165) is 11.6 Å². The van der Waals surface area contributed by atoms with Gasteiger partial charge in [0, 0.05) is 25.1 Å². The van der Waals surface area contributed by atoms with Crippen LogP contribution in [0.1, 0.15) is 17.0 Å². The van der Waals surface area contributed by atoms with Crippen LogP contribution in [0.25, 0.3) is 0 Å². The second-order valence-electron chi connectivity index (χ2n) is 6.35. The fourth-order valence-electron chi connectivity index (χ4n) is 3.48. The summed E-state index contributed by atoms with van der Waals surface area (Å²) in [5, 5.41) is 20.5. The Morgan fingerprint density at radius 2 is 1.89 bits per heavy atom. The number of nitro groups is 1.